The molecule has 0 aliphatic carbocycles. The summed E-state index contributed by atoms with van der Waals surface area (Å²) in [6.45, 7) is 14.1. The molecule has 5 nitrogen and oxygen atoms in total. The minimum absolute atomic E-state index is 0.981. The van der Waals surface area contributed by atoms with Crippen LogP contribution in [-0.2, 0) is 0 Å². The third-order valence-electron chi connectivity index (χ3n) is 0.750. The van der Waals surface area contributed by atoms with Gasteiger partial charge in [-0.2, -0.15) is 0 Å². The first kappa shape index (κ1) is 16.9. The lowest BCUT2D eigenvalue weighted by Gasteiger charge is -2.28. The SMILES string of the molecule is C[Si](C)(C)N[Si](C)(C)C.O[Si](O)(O)O. The summed E-state index contributed by atoms with van der Waals surface area (Å²) < 4.78 is 3.74. The van der Waals surface area contributed by atoms with Crippen LogP contribution in [0.3, 0.4) is 0 Å². The van der Waals surface area contributed by atoms with Gasteiger partial charge in [-0.3, -0.25) is 0 Å². The van der Waals surface area contributed by atoms with Crippen LogP contribution in [0.15, 0.2) is 0 Å². The third-order valence-corrected chi connectivity index (χ3v) is 6.75. The maximum atomic E-state index is 7.33. The molecule has 0 aromatic rings. The van der Waals surface area contributed by atoms with Gasteiger partial charge in [0.1, 0.15) is 16.5 Å². The summed E-state index contributed by atoms with van der Waals surface area (Å²) in [6.07, 6.45) is 0. The molecule has 8 heteroatoms. The molecule has 88 valence electrons. The van der Waals surface area contributed by atoms with Crippen LogP contribution in [0.5, 0.6) is 0 Å². The van der Waals surface area contributed by atoms with Gasteiger partial charge in [-0.05, 0) is 0 Å². The van der Waals surface area contributed by atoms with E-state index in [0.717, 1.165) is 0 Å². The van der Waals surface area contributed by atoms with Crippen molar-refractivity contribution in [2.75, 3.05) is 0 Å². The van der Waals surface area contributed by atoms with Gasteiger partial charge in [-0.25, -0.2) is 0 Å². The van der Waals surface area contributed by atoms with Gasteiger partial charge in [-0.15, -0.1) is 0 Å². The lowest BCUT2D eigenvalue weighted by Crippen LogP contribution is -2.55. The van der Waals surface area contributed by atoms with Crippen molar-refractivity contribution in [3.05, 3.63) is 0 Å². The molecule has 0 heterocycles. The highest BCUT2D eigenvalue weighted by molar-refractivity contribution is 6.90. The van der Waals surface area contributed by atoms with E-state index in [0.29, 0.717) is 0 Å². The van der Waals surface area contributed by atoms with Crippen LogP contribution < -0.4 is 4.65 Å². The second-order valence-electron chi connectivity index (χ2n) is 5.22. The molecule has 0 atom stereocenters. The number of rotatable bonds is 2. The number of hydrogen-bond acceptors (Lipinski definition) is 5. The van der Waals surface area contributed by atoms with E-state index in [9.17, 15) is 0 Å². The lowest BCUT2D eigenvalue weighted by molar-refractivity contribution is 0.117. The number of nitrogens with one attached hydrogen (secondary N) is 1. The molecule has 5 N–H and O–H groups in total. The van der Waals surface area contributed by atoms with Crippen molar-refractivity contribution in [3.8, 4) is 0 Å². The van der Waals surface area contributed by atoms with Crippen LogP contribution in [-0.4, -0.2) is 44.7 Å². The van der Waals surface area contributed by atoms with Gasteiger partial charge in [0.15, 0.2) is 0 Å². The first-order valence-corrected chi connectivity index (χ1v) is 13.2. The smallest absolute Gasteiger partial charge is 0.368 e. The van der Waals surface area contributed by atoms with Crippen LogP contribution in [0, 0.1) is 0 Å². The summed E-state index contributed by atoms with van der Waals surface area (Å²) in [5, 5.41) is 0. The highest BCUT2D eigenvalue weighted by atomic mass is 28.4. The average molecular weight is 258 g/mol. The summed E-state index contributed by atoms with van der Waals surface area (Å²) in [6, 6.07) is 0. The lowest BCUT2D eigenvalue weighted by atomic mass is 11.8. The van der Waals surface area contributed by atoms with Gasteiger partial charge in [0.05, 0.1) is 0 Å². The van der Waals surface area contributed by atoms with E-state index >= 15 is 0 Å². The van der Waals surface area contributed by atoms with E-state index in [-0.39, 0.29) is 0 Å². The summed E-state index contributed by atoms with van der Waals surface area (Å²) in [5.74, 6) is 0. The maximum absolute atomic E-state index is 7.33. The summed E-state index contributed by atoms with van der Waals surface area (Å²) >= 11 is 0. The van der Waals surface area contributed by atoms with Crippen molar-refractivity contribution in [2.24, 2.45) is 0 Å². The standard InChI is InChI=1S/C6H19NSi2.H4O4Si/c1-8(2,3)7-9(4,5)6;1-5(2,3)4/h7H,1-6H3;1-4H. The molecule has 0 aromatic carbocycles. The Morgan fingerprint density at radius 2 is 0.786 bits per heavy atom. The largest absolute Gasteiger partial charge is 0.668 e. The summed E-state index contributed by atoms with van der Waals surface area (Å²) in [4.78, 5) is 29.3. The molecule has 0 fully saturated rings. The molecule has 0 amide bonds. The van der Waals surface area contributed by atoms with E-state index in [1.165, 1.54) is 0 Å². The van der Waals surface area contributed by atoms with Gasteiger partial charge in [0.2, 0.25) is 0 Å². The molecule has 0 aliphatic heterocycles. The zero-order valence-electron chi connectivity index (χ0n) is 9.79. The van der Waals surface area contributed by atoms with Crippen LogP contribution in [0.2, 0.25) is 39.3 Å². The Balaban J connectivity index is 0. The van der Waals surface area contributed by atoms with Crippen molar-refractivity contribution >= 4 is 25.5 Å². The Morgan fingerprint density at radius 1 is 0.643 bits per heavy atom. The minimum Gasteiger partial charge on any atom is -0.368 e. The molecule has 0 aliphatic rings. The second-order valence-corrected chi connectivity index (χ2v) is 16.4. The fourth-order valence-corrected chi connectivity index (χ4v) is 10.1. The Kier molecular flexibility index (Phi) is 6.64. The molecular weight excluding hydrogens is 234 g/mol. The van der Waals surface area contributed by atoms with E-state index in [1.54, 1.807) is 0 Å². The van der Waals surface area contributed by atoms with Gasteiger partial charge in [-0.1, -0.05) is 39.3 Å². The highest BCUT2D eigenvalue weighted by Gasteiger charge is 2.22. The molecule has 0 aromatic heterocycles. The summed E-state index contributed by atoms with van der Waals surface area (Å²) in [5.41, 5.74) is 0. The van der Waals surface area contributed by atoms with Crippen LogP contribution in [0.1, 0.15) is 0 Å². The minimum atomic E-state index is -4.61. The van der Waals surface area contributed by atoms with Gasteiger partial charge in [0, 0.05) is 0 Å². The van der Waals surface area contributed by atoms with E-state index < -0.39 is 25.5 Å². The second kappa shape index (κ2) is 5.51. The van der Waals surface area contributed by atoms with Gasteiger partial charge >= 0.3 is 9.05 Å². The van der Waals surface area contributed by atoms with Gasteiger partial charge < -0.3 is 23.8 Å². The van der Waals surface area contributed by atoms with Crippen molar-refractivity contribution in [2.45, 2.75) is 39.3 Å². The maximum Gasteiger partial charge on any atom is 0.668 e. The van der Waals surface area contributed by atoms with Crippen LogP contribution >= 0.6 is 0 Å². The van der Waals surface area contributed by atoms with Crippen molar-refractivity contribution in [3.63, 3.8) is 0 Å². The molecule has 0 radical (unpaired) electrons. The fraction of sp³-hybridized carbons (Fsp3) is 1.00. The van der Waals surface area contributed by atoms with E-state index in [4.69, 9.17) is 19.2 Å². The molecule has 0 saturated heterocycles. The molecule has 0 spiro atoms. The molecular formula is C6H23NO4Si3. The monoisotopic (exact) mass is 257 g/mol. The molecule has 0 unspecified atom stereocenters. The Bertz CT molecular complexity index is 140. The average Bonchev–Trinajstić information content (AvgIpc) is 1.42. The highest BCUT2D eigenvalue weighted by Crippen LogP contribution is 2.02. The Hall–Kier alpha value is 0.451. The zero-order chi connectivity index (χ0) is 12.2. The first-order valence-electron chi connectivity index (χ1n) is 4.39. The predicted molar refractivity (Wildman–Crippen MR) is 64.5 cm³/mol. The van der Waals surface area contributed by atoms with Crippen molar-refractivity contribution in [1.29, 1.82) is 0 Å². The topological polar surface area (TPSA) is 93.0 Å². The Morgan fingerprint density at radius 3 is 0.786 bits per heavy atom. The van der Waals surface area contributed by atoms with Crippen molar-refractivity contribution < 1.29 is 19.2 Å². The quantitative estimate of drug-likeness (QED) is 0.436. The summed E-state index contributed by atoms with van der Waals surface area (Å²) in [7, 11) is -6.57. The molecule has 0 rings (SSSR count). The predicted octanol–water partition coefficient (Wildman–Crippen LogP) is -0.363. The van der Waals surface area contributed by atoms with Crippen LogP contribution in [0.25, 0.3) is 0 Å². The zero-order valence-corrected chi connectivity index (χ0v) is 12.8. The first-order chi connectivity index (χ1) is 5.71. The van der Waals surface area contributed by atoms with Crippen LogP contribution in [0.4, 0.5) is 0 Å². The molecule has 14 heavy (non-hydrogen) atoms. The van der Waals surface area contributed by atoms with E-state index in [2.05, 4.69) is 43.9 Å². The van der Waals surface area contributed by atoms with E-state index in [1.807, 2.05) is 0 Å². The molecule has 0 saturated carbocycles. The number of hydrogen-bond donors (Lipinski definition) is 5. The Labute approximate surface area is 89.1 Å². The normalized spacial score (nSPS) is 13.3. The van der Waals surface area contributed by atoms with Crippen molar-refractivity contribution in [1.82, 2.24) is 4.65 Å². The molecule has 0 bridgehead atoms. The fourth-order valence-electron chi connectivity index (χ4n) is 1.12. The van der Waals surface area contributed by atoms with Gasteiger partial charge in [0.25, 0.3) is 0 Å². The third kappa shape index (κ3) is 39.2.